The molecule has 23 heavy (non-hydrogen) atoms. The fraction of sp³-hybridized carbons (Fsp3) is 0.474. The number of hydrogen-bond acceptors (Lipinski definition) is 2. The van der Waals surface area contributed by atoms with Gasteiger partial charge in [0.2, 0.25) is 5.91 Å². The van der Waals surface area contributed by atoms with Gasteiger partial charge in [-0.25, -0.2) is 4.68 Å². The molecule has 0 atom stereocenters. The first-order valence-corrected chi connectivity index (χ1v) is 8.52. The van der Waals surface area contributed by atoms with E-state index in [-0.39, 0.29) is 5.91 Å². The molecule has 1 aromatic heterocycles. The second-order valence-corrected chi connectivity index (χ2v) is 6.53. The Balaban J connectivity index is 1.66. The molecule has 0 spiro atoms. The SMILES string of the molecule is Cc1nn(-c2ccccc2)c(C)c1CNC(=O)CC1CCCC1. The third-order valence-corrected chi connectivity index (χ3v) is 4.85. The number of amides is 1. The Morgan fingerprint density at radius 2 is 1.91 bits per heavy atom. The van der Waals surface area contributed by atoms with Crippen molar-refractivity contribution in [2.75, 3.05) is 0 Å². The monoisotopic (exact) mass is 311 g/mol. The Morgan fingerprint density at radius 1 is 1.22 bits per heavy atom. The Morgan fingerprint density at radius 3 is 2.61 bits per heavy atom. The van der Waals surface area contributed by atoms with E-state index in [1.165, 1.54) is 25.7 Å². The van der Waals surface area contributed by atoms with E-state index in [2.05, 4.69) is 17.3 Å². The topological polar surface area (TPSA) is 46.9 Å². The molecule has 0 radical (unpaired) electrons. The van der Waals surface area contributed by atoms with Crippen molar-refractivity contribution in [1.29, 1.82) is 0 Å². The Labute approximate surface area is 137 Å². The van der Waals surface area contributed by atoms with E-state index in [4.69, 9.17) is 0 Å². The summed E-state index contributed by atoms with van der Waals surface area (Å²) in [7, 11) is 0. The zero-order valence-corrected chi connectivity index (χ0v) is 14.0. The standard InChI is InChI=1S/C19H25N3O/c1-14-18(13-20-19(23)12-16-8-6-7-9-16)15(2)22(21-14)17-10-4-3-5-11-17/h3-5,10-11,16H,6-9,12-13H2,1-2H3,(H,20,23). The van der Waals surface area contributed by atoms with Crippen LogP contribution in [0.3, 0.4) is 0 Å². The van der Waals surface area contributed by atoms with Gasteiger partial charge in [0, 0.05) is 24.2 Å². The molecule has 1 saturated carbocycles. The summed E-state index contributed by atoms with van der Waals surface area (Å²) in [6.07, 6.45) is 5.64. The quantitative estimate of drug-likeness (QED) is 0.915. The van der Waals surface area contributed by atoms with Crippen LogP contribution in [0.25, 0.3) is 5.69 Å². The van der Waals surface area contributed by atoms with Gasteiger partial charge in [-0.05, 0) is 44.7 Å². The van der Waals surface area contributed by atoms with Gasteiger partial charge in [0.15, 0.2) is 0 Å². The zero-order valence-electron chi connectivity index (χ0n) is 14.0. The highest BCUT2D eigenvalue weighted by Crippen LogP contribution is 2.27. The van der Waals surface area contributed by atoms with Gasteiger partial charge in [-0.1, -0.05) is 31.0 Å². The molecular formula is C19H25N3O. The van der Waals surface area contributed by atoms with E-state index < -0.39 is 0 Å². The van der Waals surface area contributed by atoms with Crippen LogP contribution < -0.4 is 5.32 Å². The van der Waals surface area contributed by atoms with E-state index in [1.807, 2.05) is 41.9 Å². The summed E-state index contributed by atoms with van der Waals surface area (Å²) in [6.45, 7) is 4.63. The van der Waals surface area contributed by atoms with Crippen LogP contribution in [0.2, 0.25) is 0 Å². The van der Waals surface area contributed by atoms with Crippen molar-refractivity contribution in [2.24, 2.45) is 5.92 Å². The highest BCUT2D eigenvalue weighted by Gasteiger charge is 2.19. The smallest absolute Gasteiger partial charge is 0.220 e. The number of aryl methyl sites for hydroxylation is 1. The molecule has 1 aliphatic rings. The molecule has 1 N–H and O–H groups in total. The highest BCUT2D eigenvalue weighted by molar-refractivity contribution is 5.76. The molecular weight excluding hydrogens is 286 g/mol. The molecule has 122 valence electrons. The first kappa shape index (κ1) is 15.8. The number of hydrogen-bond donors (Lipinski definition) is 1. The molecule has 4 nitrogen and oxygen atoms in total. The summed E-state index contributed by atoms with van der Waals surface area (Å²) in [6, 6.07) is 10.1. The summed E-state index contributed by atoms with van der Waals surface area (Å²) in [5.41, 5.74) is 4.24. The minimum absolute atomic E-state index is 0.170. The van der Waals surface area contributed by atoms with Crippen molar-refractivity contribution in [1.82, 2.24) is 15.1 Å². The van der Waals surface area contributed by atoms with Crippen molar-refractivity contribution >= 4 is 5.91 Å². The average molecular weight is 311 g/mol. The molecule has 1 aromatic carbocycles. The second-order valence-electron chi connectivity index (χ2n) is 6.53. The number of rotatable bonds is 5. The van der Waals surface area contributed by atoms with Gasteiger partial charge >= 0.3 is 0 Å². The largest absolute Gasteiger partial charge is 0.352 e. The number of nitrogens with one attached hydrogen (secondary N) is 1. The maximum absolute atomic E-state index is 12.1. The van der Waals surface area contributed by atoms with Gasteiger partial charge < -0.3 is 5.32 Å². The fourth-order valence-electron chi connectivity index (χ4n) is 3.49. The maximum atomic E-state index is 12.1. The summed E-state index contributed by atoms with van der Waals surface area (Å²) < 4.78 is 1.95. The van der Waals surface area contributed by atoms with Gasteiger partial charge in [0.25, 0.3) is 0 Å². The van der Waals surface area contributed by atoms with Gasteiger partial charge in [-0.15, -0.1) is 0 Å². The van der Waals surface area contributed by atoms with Gasteiger partial charge in [-0.3, -0.25) is 4.79 Å². The normalized spacial score (nSPS) is 15.0. The summed E-state index contributed by atoms with van der Waals surface area (Å²) >= 11 is 0. The molecule has 1 amide bonds. The lowest BCUT2D eigenvalue weighted by atomic mass is 10.0. The van der Waals surface area contributed by atoms with E-state index in [0.29, 0.717) is 18.9 Å². The molecule has 0 saturated heterocycles. The van der Waals surface area contributed by atoms with Crippen LogP contribution in [-0.2, 0) is 11.3 Å². The second kappa shape index (κ2) is 6.99. The van der Waals surface area contributed by atoms with Crippen molar-refractivity contribution in [3.63, 3.8) is 0 Å². The van der Waals surface area contributed by atoms with Crippen molar-refractivity contribution < 1.29 is 4.79 Å². The molecule has 0 bridgehead atoms. The number of benzene rings is 1. The molecule has 1 fully saturated rings. The molecule has 2 aromatic rings. The van der Waals surface area contributed by atoms with Crippen LogP contribution in [0.5, 0.6) is 0 Å². The third kappa shape index (κ3) is 3.63. The molecule has 4 heteroatoms. The Bertz CT molecular complexity index is 669. The first-order chi connectivity index (χ1) is 11.1. The lowest BCUT2D eigenvalue weighted by Gasteiger charge is -2.10. The molecule has 1 aliphatic carbocycles. The fourth-order valence-corrected chi connectivity index (χ4v) is 3.49. The number of carbonyl (C=O) groups is 1. The third-order valence-electron chi connectivity index (χ3n) is 4.85. The van der Waals surface area contributed by atoms with E-state index in [0.717, 1.165) is 22.6 Å². The molecule has 3 rings (SSSR count). The van der Waals surface area contributed by atoms with Crippen LogP contribution in [0.15, 0.2) is 30.3 Å². The predicted octanol–water partition coefficient (Wildman–Crippen LogP) is 3.69. The predicted molar refractivity (Wildman–Crippen MR) is 91.5 cm³/mol. The van der Waals surface area contributed by atoms with Gasteiger partial charge in [0.05, 0.1) is 11.4 Å². The number of para-hydroxylation sites is 1. The molecule has 1 heterocycles. The van der Waals surface area contributed by atoms with Crippen LogP contribution in [0.1, 0.15) is 49.1 Å². The number of nitrogens with zero attached hydrogens (tertiary/aromatic N) is 2. The number of aromatic nitrogens is 2. The number of carbonyl (C=O) groups excluding carboxylic acids is 1. The minimum Gasteiger partial charge on any atom is -0.352 e. The minimum atomic E-state index is 0.170. The molecule has 0 unspecified atom stereocenters. The van der Waals surface area contributed by atoms with Gasteiger partial charge in [0.1, 0.15) is 0 Å². The lowest BCUT2D eigenvalue weighted by Crippen LogP contribution is -2.25. The van der Waals surface area contributed by atoms with Crippen molar-refractivity contribution in [3.8, 4) is 5.69 Å². The maximum Gasteiger partial charge on any atom is 0.220 e. The zero-order chi connectivity index (χ0) is 16.2. The van der Waals surface area contributed by atoms with Crippen LogP contribution in [0.4, 0.5) is 0 Å². The van der Waals surface area contributed by atoms with Crippen LogP contribution in [0, 0.1) is 19.8 Å². The van der Waals surface area contributed by atoms with E-state index in [9.17, 15) is 4.79 Å². The van der Waals surface area contributed by atoms with Crippen molar-refractivity contribution in [2.45, 2.75) is 52.5 Å². The average Bonchev–Trinajstić information content (AvgIpc) is 3.15. The van der Waals surface area contributed by atoms with Crippen LogP contribution >= 0.6 is 0 Å². The Hall–Kier alpha value is -2.10. The summed E-state index contributed by atoms with van der Waals surface area (Å²) in [4.78, 5) is 12.1. The summed E-state index contributed by atoms with van der Waals surface area (Å²) in [5, 5.41) is 7.71. The van der Waals surface area contributed by atoms with Crippen LogP contribution in [-0.4, -0.2) is 15.7 Å². The van der Waals surface area contributed by atoms with E-state index >= 15 is 0 Å². The van der Waals surface area contributed by atoms with E-state index in [1.54, 1.807) is 0 Å². The lowest BCUT2D eigenvalue weighted by molar-refractivity contribution is -0.122. The van der Waals surface area contributed by atoms with Gasteiger partial charge in [-0.2, -0.15) is 5.10 Å². The Kier molecular flexibility index (Phi) is 4.79. The highest BCUT2D eigenvalue weighted by atomic mass is 16.1. The first-order valence-electron chi connectivity index (χ1n) is 8.52. The molecule has 0 aliphatic heterocycles. The summed E-state index contributed by atoms with van der Waals surface area (Å²) in [5.74, 6) is 0.757. The van der Waals surface area contributed by atoms with Crippen molar-refractivity contribution in [3.05, 3.63) is 47.3 Å².